The van der Waals surface area contributed by atoms with Crippen LogP contribution in [0.2, 0.25) is 0 Å². The number of aliphatic carboxylic acids is 1. The molecule has 1 aliphatic rings. The van der Waals surface area contributed by atoms with Crippen LogP contribution >= 0.6 is 0 Å². The standard InChI is InChI=1S/C26H33NO6/c1-17(2)16-26(13-6-14-33-26)25(30)27-20(24(28)29)15-18-9-11-19(12-10-18)23-21(31-3)7-5-8-22(23)32-4/h5,7-12,17,20H,6,13-16H2,1-4H3,(H,27,30)(H,28,29)/t20-,26-/m0/s1. The molecule has 3 rings (SSSR count). The maximum Gasteiger partial charge on any atom is 0.326 e. The Morgan fingerprint density at radius 3 is 2.21 bits per heavy atom. The predicted molar refractivity (Wildman–Crippen MR) is 126 cm³/mol. The van der Waals surface area contributed by atoms with Gasteiger partial charge >= 0.3 is 5.97 Å². The van der Waals surface area contributed by atoms with Crippen molar-refractivity contribution in [2.45, 2.75) is 51.2 Å². The van der Waals surface area contributed by atoms with E-state index in [2.05, 4.69) is 5.32 Å². The summed E-state index contributed by atoms with van der Waals surface area (Å²) in [5.74, 6) is 0.221. The molecule has 0 radical (unpaired) electrons. The van der Waals surface area contributed by atoms with Crippen molar-refractivity contribution in [2.24, 2.45) is 5.92 Å². The summed E-state index contributed by atoms with van der Waals surface area (Å²) in [5.41, 5.74) is 1.57. The number of amides is 1. The number of nitrogens with one attached hydrogen (secondary N) is 1. The fourth-order valence-electron chi connectivity index (χ4n) is 4.46. The lowest BCUT2D eigenvalue weighted by Crippen LogP contribution is -2.53. The average molecular weight is 456 g/mol. The predicted octanol–water partition coefficient (Wildman–Crippen LogP) is 4.08. The van der Waals surface area contributed by atoms with Crippen LogP contribution in [-0.2, 0) is 20.7 Å². The average Bonchev–Trinajstić information content (AvgIpc) is 3.27. The summed E-state index contributed by atoms with van der Waals surface area (Å²) in [5, 5.41) is 12.5. The number of benzene rings is 2. The first-order valence-electron chi connectivity index (χ1n) is 11.3. The Labute approximate surface area is 195 Å². The summed E-state index contributed by atoms with van der Waals surface area (Å²) in [6.45, 7) is 4.58. The number of carboxylic acid groups (broad SMARTS) is 1. The topological polar surface area (TPSA) is 94.1 Å². The highest BCUT2D eigenvalue weighted by molar-refractivity contribution is 5.89. The Hall–Kier alpha value is -3.06. The molecule has 1 heterocycles. The number of hydrogen-bond acceptors (Lipinski definition) is 5. The van der Waals surface area contributed by atoms with E-state index in [0.717, 1.165) is 23.1 Å². The minimum Gasteiger partial charge on any atom is -0.496 e. The Balaban J connectivity index is 1.77. The molecule has 2 aromatic rings. The zero-order valence-corrected chi connectivity index (χ0v) is 19.7. The fraction of sp³-hybridized carbons (Fsp3) is 0.462. The number of methoxy groups -OCH3 is 2. The van der Waals surface area contributed by atoms with Crippen molar-refractivity contribution in [2.75, 3.05) is 20.8 Å². The first-order chi connectivity index (χ1) is 15.8. The molecule has 0 unspecified atom stereocenters. The van der Waals surface area contributed by atoms with E-state index in [9.17, 15) is 14.7 Å². The minimum atomic E-state index is -1.07. The van der Waals surface area contributed by atoms with Crippen LogP contribution in [0.3, 0.4) is 0 Å². The summed E-state index contributed by atoms with van der Waals surface area (Å²) >= 11 is 0. The zero-order valence-electron chi connectivity index (χ0n) is 19.7. The third kappa shape index (κ3) is 5.66. The highest BCUT2D eigenvalue weighted by Gasteiger charge is 2.44. The molecule has 178 valence electrons. The lowest BCUT2D eigenvalue weighted by molar-refractivity contribution is -0.149. The number of hydrogen-bond donors (Lipinski definition) is 2. The van der Waals surface area contributed by atoms with Crippen molar-refractivity contribution < 1.29 is 28.9 Å². The van der Waals surface area contributed by atoms with Gasteiger partial charge in [-0.2, -0.15) is 0 Å². The van der Waals surface area contributed by atoms with Crippen LogP contribution in [0.5, 0.6) is 11.5 Å². The van der Waals surface area contributed by atoms with Gasteiger partial charge in [0.2, 0.25) is 0 Å². The summed E-state index contributed by atoms with van der Waals surface area (Å²) < 4.78 is 16.8. The van der Waals surface area contributed by atoms with Crippen LogP contribution in [-0.4, -0.2) is 49.5 Å². The third-order valence-corrected chi connectivity index (χ3v) is 5.97. The molecule has 1 aliphatic heterocycles. The van der Waals surface area contributed by atoms with Gasteiger partial charge in [0.05, 0.1) is 19.8 Å². The molecule has 1 fully saturated rings. The molecule has 33 heavy (non-hydrogen) atoms. The van der Waals surface area contributed by atoms with Gasteiger partial charge in [0, 0.05) is 13.0 Å². The fourth-order valence-corrected chi connectivity index (χ4v) is 4.46. The Kier molecular flexibility index (Phi) is 7.97. The summed E-state index contributed by atoms with van der Waals surface area (Å²) in [7, 11) is 3.21. The van der Waals surface area contributed by atoms with Crippen molar-refractivity contribution >= 4 is 11.9 Å². The van der Waals surface area contributed by atoms with Gasteiger partial charge in [-0.3, -0.25) is 4.79 Å². The lowest BCUT2D eigenvalue weighted by atomic mass is 9.88. The van der Waals surface area contributed by atoms with E-state index < -0.39 is 17.6 Å². The third-order valence-electron chi connectivity index (χ3n) is 5.97. The summed E-state index contributed by atoms with van der Waals surface area (Å²) in [6, 6.07) is 12.1. The molecule has 2 aromatic carbocycles. The van der Waals surface area contributed by atoms with Gasteiger partial charge < -0.3 is 24.6 Å². The zero-order chi connectivity index (χ0) is 24.0. The Morgan fingerprint density at radius 2 is 1.73 bits per heavy atom. The molecule has 2 atom stereocenters. The van der Waals surface area contributed by atoms with E-state index in [0.29, 0.717) is 30.9 Å². The van der Waals surface area contributed by atoms with Crippen molar-refractivity contribution in [3.05, 3.63) is 48.0 Å². The van der Waals surface area contributed by atoms with Crippen LogP contribution in [0.1, 0.15) is 38.7 Å². The summed E-state index contributed by atoms with van der Waals surface area (Å²) in [6.07, 6.45) is 2.15. The van der Waals surface area contributed by atoms with Gasteiger partial charge in [-0.15, -0.1) is 0 Å². The SMILES string of the molecule is COc1cccc(OC)c1-c1ccc(C[C@H](NC(=O)[C@@]2(CC(C)C)CCCO2)C(=O)O)cc1. The molecular formula is C26H33NO6. The molecule has 1 amide bonds. The molecule has 1 saturated heterocycles. The number of carbonyl (C=O) groups is 2. The van der Waals surface area contributed by atoms with Crippen molar-refractivity contribution in [1.29, 1.82) is 0 Å². The lowest BCUT2D eigenvalue weighted by Gasteiger charge is -2.30. The van der Waals surface area contributed by atoms with Gasteiger partial charge in [0.1, 0.15) is 23.1 Å². The van der Waals surface area contributed by atoms with Crippen LogP contribution in [0.4, 0.5) is 0 Å². The highest BCUT2D eigenvalue weighted by atomic mass is 16.5. The minimum absolute atomic E-state index is 0.169. The molecule has 2 N–H and O–H groups in total. The van der Waals surface area contributed by atoms with E-state index in [1.54, 1.807) is 14.2 Å². The number of carboxylic acids is 1. The monoisotopic (exact) mass is 455 g/mol. The van der Waals surface area contributed by atoms with Gasteiger partial charge in [0.15, 0.2) is 0 Å². The van der Waals surface area contributed by atoms with E-state index in [4.69, 9.17) is 14.2 Å². The van der Waals surface area contributed by atoms with E-state index >= 15 is 0 Å². The first-order valence-corrected chi connectivity index (χ1v) is 11.3. The second-order valence-corrected chi connectivity index (χ2v) is 8.85. The molecule has 0 aromatic heterocycles. The van der Waals surface area contributed by atoms with Crippen molar-refractivity contribution in [3.63, 3.8) is 0 Å². The molecule has 0 aliphatic carbocycles. The largest absolute Gasteiger partial charge is 0.496 e. The Bertz CT molecular complexity index is 941. The molecule has 0 saturated carbocycles. The van der Waals surface area contributed by atoms with Gasteiger partial charge in [0.25, 0.3) is 5.91 Å². The molecule has 7 nitrogen and oxygen atoms in total. The summed E-state index contributed by atoms with van der Waals surface area (Å²) in [4.78, 5) is 25.0. The van der Waals surface area contributed by atoms with E-state index in [1.165, 1.54) is 0 Å². The number of carbonyl (C=O) groups excluding carboxylic acids is 1. The van der Waals surface area contributed by atoms with Gasteiger partial charge in [-0.05, 0) is 48.4 Å². The Morgan fingerprint density at radius 1 is 1.09 bits per heavy atom. The van der Waals surface area contributed by atoms with Gasteiger partial charge in [-0.25, -0.2) is 4.79 Å². The molecular weight excluding hydrogens is 422 g/mol. The highest BCUT2D eigenvalue weighted by Crippen LogP contribution is 2.38. The van der Waals surface area contributed by atoms with Crippen LogP contribution in [0.25, 0.3) is 11.1 Å². The van der Waals surface area contributed by atoms with Crippen molar-refractivity contribution in [3.8, 4) is 22.6 Å². The molecule has 7 heteroatoms. The van der Waals surface area contributed by atoms with Crippen LogP contribution < -0.4 is 14.8 Å². The number of rotatable bonds is 10. The van der Waals surface area contributed by atoms with Crippen LogP contribution in [0.15, 0.2) is 42.5 Å². The normalized spacial score (nSPS) is 18.7. The van der Waals surface area contributed by atoms with Crippen molar-refractivity contribution in [1.82, 2.24) is 5.32 Å². The first kappa shape index (κ1) is 24.6. The maximum atomic E-state index is 13.1. The van der Waals surface area contributed by atoms with E-state index in [-0.39, 0.29) is 18.2 Å². The van der Waals surface area contributed by atoms with Gasteiger partial charge in [-0.1, -0.05) is 44.2 Å². The maximum absolute atomic E-state index is 13.1. The molecule has 0 bridgehead atoms. The molecule has 0 spiro atoms. The smallest absolute Gasteiger partial charge is 0.326 e. The second kappa shape index (κ2) is 10.7. The quantitative estimate of drug-likeness (QED) is 0.561. The number of ether oxygens (including phenoxy) is 3. The second-order valence-electron chi connectivity index (χ2n) is 8.85. The van der Waals surface area contributed by atoms with E-state index in [1.807, 2.05) is 56.3 Å². The van der Waals surface area contributed by atoms with Crippen LogP contribution in [0, 0.1) is 5.92 Å².